The fourth-order valence-corrected chi connectivity index (χ4v) is 8.62. The quantitative estimate of drug-likeness (QED) is 0.334. The third-order valence-electron chi connectivity index (χ3n) is 10.6. The molecule has 6 rings (SSSR count). The number of carbonyl (C=O) groups is 4. The molecule has 0 radical (unpaired) electrons. The van der Waals surface area contributed by atoms with E-state index in [0.717, 1.165) is 11.8 Å². The van der Waals surface area contributed by atoms with Crippen molar-refractivity contribution in [3.05, 3.63) is 42.6 Å². The molecule has 0 spiro atoms. The lowest BCUT2D eigenvalue weighted by atomic mass is 9.88. The zero-order valence-corrected chi connectivity index (χ0v) is 31.4. The number of nitrogens with zero attached hydrogens (tertiary/aromatic N) is 2. The maximum absolute atomic E-state index is 14.7. The first-order valence-electron chi connectivity index (χ1n) is 18.2. The molecule has 1 saturated heterocycles. The van der Waals surface area contributed by atoms with Crippen LogP contribution in [0, 0.1) is 17.8 Å². The molecule has 2 aromatic rings. The Kier molecular flexibility index (Phi) is 10.6. The zero-order valence-electron chi connectivity index (χ0n) is 30.6. The number of amides is 4. The van der Waals surface area contributed by atoms with Gasteiger partial charge in [0.1, 0.15) is 29.5 Å². The molecule has 53 heavy (non-hydrogen) atoms. The van der Waals surface area contributed by atoms with E-state index in [-0.39, 0.29) is 49.9 Å². The van der Waals surface area contributed by atoms with Gasteiger partial charge in [-0.15, -0.1) is 0 Å². The Hall–Kier alpha value is -4.47. The monoisotopic (exact) mass is 757 g/mol. The standard InChI is InChI=1S/C37H48FN5O9S/c1-21(2)51-35(47)40-30-23(4)16-22(3)8-6-7-9-25-19-37(25,34(46)42-53(48,49)36(38)13-14-36)41-31(44)29-18-27(20-43(29)33(30)45)52-32-28-11-10-26(50-5)17-24(28)12-15-39-32/h7,9-12,15,17,21-23,25,27,29-30H,6,8,13-14,16,18-20H2,1-5H3,(H,40,47)(H,41,44)(H,42,46)/b9-7-/t22-,23-,25-,27-,29+,30+,37-/m1/s1. The van der Waals surface area contributed by atoms with Crippen LogP contribution in [0.4, 0.5) is 9.18 Å². The van der Waals surface area contributed by atoms with Crippen molar-refractivity contribution in [1.82, 2.24) is 25.2 Å². The lowest BCUT2D eigenvalue weighted by Crippen LogP contribution is -2.59. The summed E-state index contributed by atoms with van der Waals surface area (Å²) >= 11 is 0. The third kappa shape index (κ3) is 8.06. The van der Waals surface area contributed by atoms with Crippen molar-refractivity contribution < 1.29 is 46.2 Å². The molecule has 2 aliphatic heterocycles. The number of fused-ring (bicyclic) bond motifs is 3. The molecular formula is C37H48FN5O9S. The number of carbonyl (C=O) groups excluding carboxylic acids is 4. The first-order valence-corrected chi connectivity index (χ1v) is 19.7. The van der Waals surface area contributed by atoms with Gasteiger partial charge in [-0.2, -0.15) is 0 Å². The van der Waals surface area contributed by atoms with E-state index in [4.69, 9.17) is 14.2 Å². The van der Waals surface area contributed by atoms with Gasteiger partial charge in [-0.05, 0) is 81.0 Å². The van der Waals surface area contributed by atoms with Crippen LogP contribution in [-0.2, 0) is 29.1 Å². The lowest BCUT2D eigenvalue weighted by Gasteiger charge is -2.33. The minimum absolute atomic E-state index is 0.0101. The molecule has 2 aliphatic carbocycles. The number of benzene rings is 1. The summed E-state index contributed by atoms with van der Waals surface area (Å²) in [5.74, 6) is -2.19. The number of rotatable bonds is 8. The number of methoxy groups -OCH3 is 1. The number of sulfonamides is 1. The van der Waals surface area contributed by atoms with E-state index in [2.05, 4.69) is 15.6 Å². The molecule has 16 heteroatoms. The predicted molar refractivity (Wildman–Crippen MR) is 192 cm³/mol. The third-order valence-corrected chi connectivity index (χ3v) is 12.4. The van der Waals surface area contributed by atoms with Gasteiger partial charge in [0.05, 0.1) is 19.8 Å². The van der Waals surface area contributed by atoms with E-state index in [0.29, 0.717) is 24.0 Å². The summed E-state index contributed by atoms with van der Waals surface area (Å²) in [5.41, 5.74) is -1.69. The number of halogens is 1. The first-order chi connectivity index (χ1) is 25.1. The Bertz CT molecular complexity index is 1900. The van der Waals surface area contributed by atoms with E-state index in [9.17, 15) is 32.0 Å². The maximum Gasteiger partial charge on any atom is 0.408 e. The fourth-order valence-electron chi connectivity index (χ4n) is 7.37. The van der Waals surface area contributed by atoms with Gasteiger partial charge in [0.2, 0.25) is 22.7 Å². The van der Waals surface area contributed by atoms with Crippen molar-refractivity contribution in [2.45, 2.75) is 107 Å². The number of aromatic nitrogens is 1. The lowest BCUT2D eigenvalue weighted by molar-refractivity contribution is -0.142. The molecule has 288 valence electrons. The summed E-state index contributed by atoms with van der Waals surface area (Å²) in [4.78, 5) is 61.4. The van der Waals surface area contributed by atoms with E-state index >= 15 is 0 Å². The molecule has 3 N–H and O–H groups in total. The Morgan fingerprint density at radius 2 is 1.89 bits per heavy atom. The van der Waals surface area contributed by atoms with Crippen LogP contribution in [0.1, 0.15) is 72.6 Å². The SMILES string of the molecule is COc1ccc2c(O[C@@H]3C[C@H]4C(=O)N[C@]5(C(=O)NS(=O)(=O)C6(F)CC6)C[C@H]5/C=C\CC[C@@H](C)C[C@@H](C)[C@H](NC(=O)OC(C)C)C(=O)N4C3)nccc2c1. The van der Waals surface area contributed by atoms with Gasteiger partial charge < -0.3 is 29.7 Å². The molecule has 1 aromatic heterocycles. The van der Waals surface area contributed by atoms with Gasteiger partial charge in [-0.1, -0.05) is 26.0 Å². The number of alkyl halides is 1. The largest absolute Gasteiger partial charge is 0.497 e. The topological polar surface area (TPSA) is 182 Å². The van der Waals surface area contributed by atoms with Crippen LogP contribution >= 0.6 is 0 Å². The summed E-state index contributed by atoms with van der Waals surface area (Å²) in [6.07, 6.45) is 4.80. The number of alkyl carbamates (subject to hydrolysis) is 1. The van der Waals surface area contributed by atoms with Crippen LogP contribution < -0.4 is 24.8 Å². The van der Waals surface area contributed by atoms with Crippen molar-refractivity contribution >= 4 is 44.6 Å². The van der Waals surface area contributed by atoms with Crippen molar-refractivity contribution in [3.8, 4) is 11.6 Å². The van der Waals surface area contributed by atoms with Crippen LogP contribution in [0.2, 0.25) is 0 Å². The summed E-state index contributed by atoms with van der Waals surface area (Å²) < 4.78 is 59.3. The van der Waals surface area contributed by atoms with Gasteiger partial charge in [-0.3, -0.25) is 14.4 Å². The molecule has 2 saturated carbocycles. The number of hydrogen-bond donors (Lipinski definition) is 3. The van der Waals surface area contributed by atoms with E-state index < -0.39 is 74.6 Å². The van der Waals surface area contributed by atoms with Crippen molar-refractivity contribution in [1.29, 1.82) is 0 Å². The normalized spacial score (nSPS) is 30.5. The molecule has 7 atom stereocenters. The highest BCUT2D eigenvalue weighted by Crippen LogP contribution is 2.48. The van der Waals surface area contributed by atoms with E-state index in [1.54, 1.807) is 51.4 Å². The summed E-state index contributed by atoms with van der Waals surface area (Å²) in [6.45, 7) is 7.23. The Morgan fingerprint density at radius 3 is 2.58 bits per heavy atom. The highest BCUT2D eigenvalue weighted by atomic mass is 32.2. The Balaban J connectivity index is 1.34. The second-order valence-electron chi connectivity index (χ2n) is 15.2. The van der Waals surface area contributed by atoms with Gasteiger partial charge in [0.25, 0.3) is 15.9 Å². The van der Waals surface area contributed by atoms with Gasteiger partial charge >= 0.3 is 6.09 Å². The zero-order chi connectivity index (χ0) is 38.3. The molecule has 14 nitrogen and oxygen atoms in total. The van der Waals surface area contributed by atoms with E-state index in [1.165, 1.54) is 4.90 Å². The molecule has 3 fully saturated rings. The van der Waals surface area contributed by atoms with Crippen molar-refractivity contribution in [3.63, 3.8) is 0 Å². The number of allylic oxidation sites excluding steroid dienone is 1. The molecule has 1 aromatic carbocycles. The van der Waals surface area contributed by atoms with Gasteiger partial charge in [0, 0.05) is 36.8 Å². The maximum atomic E-state index is 14.7. The number of pyridine rings is 1. The summed E-state index contributed by atoms with van der Waals surface area (Å²) in [7, 11) is -3.10. The van der Waals surface area contributed by atoms with Gasteiger partial charge in [0.15, 0.2) is 0 Å². The highest BCUT2D eigenvalue weighted by Gasteiger charge is 2.64. The smallest absolute Gasteiger partial charge is 0.408 e. The van der Waals surface area contributed by atoms with Crippen LogP contribution in [0.15, 0.2) is 42.6 Å². The van der Waals surface area contributed by atoms with Crippen LogP contribution in [-0.4, -0.2) is 90.6 Å². The van der Waals surface area contributed by atoms with Crippen molar-refractivity contribution in [2.24, 2.45) is 17.8 Å². The highest BCUT2D eigenvalue weighted by molar-refractivity contribution is 7.91. The minimum atomic E-state index is -4.66. The fraction of sp³-hybridized carbons (Fsp3) is 0.595. The number of hydrogen-bond acceptors (Lipinski definition) is 10. The average molecular weight is 758 g/mol. The molecule has 0 bridgehead atoms. The summed E-state index contributed by atoms with van der Waals surface area (Å²) in [5, 5.41) is 4.46. The van der Waals surface area contributed by atoms with Crippen molar-refractivity contribution in [2.75, 3.05) is 13.7 Å². The molecule has 3 heterocycles. The summed E-state index contributed by atoms with van der Waals surface area (Å²) in [6, 6.07) is 4.93. The average Bonchev–Trinajstić information content (AvgIpc) is 3.98. The first kappa shape index (κ1) is 38.3. The second kappa shape index (κ2) is 14.7. The molecule has 4 amide bonds. The molecule has 0 unspecified atom stereocenters. The molecule has 4 aliphatic rings. The Labute approximate surface area is 308 Å². The second-order valence-corrected chi connectivity index (χ2v) is 17.1. The van der Waals surface area contributed by atoms with Crippen LogP contribution in [0.3, 0.4) is 0 Å². The van der Waals surface area contributed by atoms with Gasteiger partial charge in [-0.25, -0.2) is 27.3 Å². The number of nitrogens with one attached hydrogen (secondary N) is 3. The number of ether oxygens (including phenoxy) is 3. The Morgan fingerprint density at radius 1 is 1.13 bits per heavy atom. The minimum Gasteiger partial charge on any atom is -0.497 e. The van der Waals surface area contributed by atoms with E-state index in [1.807, 2.05) is 30.7 Å². The van der Waals surface area contributed by atoms with Crippen LogP contribution in [0.25, 0.3) is 10.8 Å². The predicted octanol–water partition coefficient (Wildman–Crippen LogP) is 3.89. The van der Waals surface area contributed by atoms with Crippen LogP contribution in [0.5, 0.6) is 11.6 Å². The molecular weight excluding hydrogens is 709 g/mol.